The number of carbonyl (C=O) groups is 1. The van der Waals surface area contributed by atoms with E-state index in [1.807, 2.05) is 6.08 Å². The van der Waals surface area contributed by atoms with E-state index in [0.717, 1.165) is 25.7 Å². The van der Waals surface area contributed by atoms with Gasteiger partial charge in [0.25, 0.3) is 0 Å². The second-order valence-electron chi connectivity index (χ2n) is 17.1. The van der Waals surface area contributed by atoms with Gasteiger partial charge in [0.2, 0.25) is 5.91 Å². The van der Waals surface area contributed by atoms with E-state index in [9.17, 15) is 20.1 Å². The molecule has 0 fully saturated rings. The Morgan fingerprint density at radius 1 is 0.463 bits per heavy atom. The van der Waals surface area contributed by atoms with Crippen molar-refractivity contribution in [3.05, 3.63) is 12.2 Å². The maximum absolute atomic E-state index is 12.5. The molecule has 322 valence electrons. The topological polar surface area (TPSA) is 89.8 Å². The molecule has 4 N–H and O–H groups in total. The summed E-state index contributed by atoms with van der Waals surface area (Å²) < 4.78 is 0. The SMILES string of the molecule is CCCCCCCCCCCCCCCC/C=C/C(O)C(CO)NC(=O)CC(O)CCCCCCCCCCCCCCCCCCCCCCCCC. The van der Waals surface area contributed by atoms with Crippen LogP contribution < -0.4 is 5.32 Å². The fourth-order valence-corrected chi connectivity index (χ4v) is 7.81. The van der Waals surface area contributed by atoms with E-state index < -0.39 is 18.2 Å². The highest BCUT2D eigenvalue weighted by Gasteiger charge is 2.20. The second-order valence-corrected chi connectivity index (χ2v) is 17.1. The molecule has 0 aromatic rings. The summed E-state index contributed by atoms with van der Waals surface area (Å²) in [4.78, 5) is 12.5. The Morgan fingerprint density at radius 2 is 0.759 bits per heavy atom. The van der Waals surface area contributed by atoms with Gasteiger partial charge < -0.3 is 20.6 Å². The van der Waals surface area contributed by atoms with Crippen molar-refractivity contribution >= 4 is 5.91 Å². The summed E-state index contributed by atoms with van der Waals surface area (Å²) in [5, 5.41) is 33.3. The van der Waals surface area contributed by atoms with E-state index in [2.05, 4.69) is 19.2 Å². The van der Waals surface area contributed by atoms with Gasteiger partial charge in [-0.05, 0) is 19.3 Å². The second kappa shape index (κ2) is 44.8. The molecule has 0 aliphatic rings. The van der Waals surface area contributed by atoms with E-state index in [4.69, 9.17) is 0 Å². The van der Waals surface area contributed by atoms with Gasteiger partial charge in [0.15, 0.2) is 0 Å². The van der Waals surface area contributed by atoms with E-state index >= 15 is 0 Å². The van der Waals surface area contributed by atoms with Gasteiger partial charge >= 0.3 is 0 Å². The fourth-order valence-electron chi connectivity index (χ4n) is 7.81. The summed E-state index contributed by atoms with van der Waals surface area (Å²) in [5.41, 5.74) is 0. The van der Waals surface area contributed by atoms with Crippen molar-refractivity contribution in [2.75, 3.05) is 6.61 Å². The molecular formula is C49H97NO4. The zero-order chi connectivity index (χ0) is 39.4. The average Bonchev–Trinajstić information content (AvgIpc) is 3.16. The lowest BCUT2D eigenvalue weighted by Gasteiger charge is -2.21. The first-order valence-electron chi connectivity index (χ1n) is 24.5. The van der Waals surface area contributed by atoms with Gasteiger partial charge in [-0.15, -0.1) is 0 Å². The van der Waals surface area contributed by atoms with Crippen molar-refractivity contribution in [2.24, 2.45) is 0 Å². The van der Waals surface area contributed by atoms with Crippen LogP contribution in [0.25, 0.3) is 0 Å². The first kappa shape index (κ1) is 53.1. The zero-order valence-electron chi connectivity index (χ0n) is 36.6. The van der Waals surface area contributed by atoms with Crippen molar-refractivity contribution in [3.8, 4) is 0 Å². The first-order chi connectivity index (χ1) is 26.5. The summed E-state index contributed by atoms with van der Waals surface area (Å²) in [5.74, 6) is -0.310. The van der Waals surface area contributed by atoms with E-state index in [0.29, 0.717) is 6.42 Å². The largest absolute Gasteiger partial charge is 0.394 e. The van der Waals surface area contributed by atoms with Gasteiger partial charge in [0.1, 0.15) is 0 Å². The van der Waals surface area contributed by atoms with Crippen LogP contribution in [0.2, 0.25) is 0 Å². The van der Waals surface area contributed by atoms with Gasteiger partial charge in [0.05, 0.1) is 31.3 Å². The molecule has 1 amide bonds. The van der Waals surface area contributed by atoms with Gasteiger partial charge in [-0.25, -0.2) is 0 Å². The molecule has 0 aromatic carbocycles. The smallest absolute Gasteiger partial charge is 0.222 e. The van der Waals surface area contributed by atoms with Crippen LogP contribution in [-0.2, 0) is 4.79 Å². The number of hydrogen-bond acceptors (Lipinski definition) is 4. The molecule has 0 saturated heterocycles. The van der Waals surface area contributed by atoms with Crippen LogP contribution in [-0.4, -0.2) is 46.1 Å². The Bertz CT molecular complexity index is 758. The lowest BCUT2D eigenvalue weighted by Crippen LogP contribution is -2.45. The summed E-state index contributed by atoms with van der Waals surface area (Å²) in [6.45, 7) is 4.24. The van der Waals surface area contributed by atoms with Gasteiger partial charge in [-0.2, -0.15) is 0 Å². The normalized spacial score (nSPS) is 13.5. The molecule has 3 unspecified atom stereocenters. The van der Waals surface area contributed by atoms with Crippen LogP contribution in [0.1, 0.15) is 271 Å². The highest BCUT2D eigenvalue weighted by atomic mass is 16.3. The number of amides is 1. The van der Waals surface area contributed by atoms with Crippen LogP contribution in [0, 0.1) is 0 Å². The first-order valence-corrected chi connectivity index (χ1v) is 24.5. The van der Waals surface area contributed by atoms with Crippen molar-refractivity contribution in [3.63, 3.8) is 0 Å². The maximum atomic E-state index is 12.5. The van der Waals surface area contributed by atoms with Gasteiger partial charge in [0, 0.05) is 0 Å². The van der Waals surface area contributed by atoms with E-state index in [1.54, 1.807) is 6.08 Å². The Kier molecular flexibility index (Phi) is 44.0. The van der Waals surface area contributed by atoms with Gasteiger partial charge in [-0.3, -0.25) is 4.79 Å². The summed E-state index contributed by atoms with van der Waals surface area (Å²) in [6, 6.07) is -0.739. The summed E-state index contributed by atoms with van der Waals surface area (Å²) >= 11 is 0. The molecule has 0 aromatic heterocycles. The van der Waals surface area contributed by atoms with Crippen LogP contribution in [0.5, 0.6) is 0 Å². The molecule has 3 atom stereocenters. The Labute approximate surface area is 338 Å². The highest BCUT2D eigenvalue weighted by Crippen LogP contribution is 2.17. The van der Waals surface area contributed by atoms with Crippen LogP contribution in [0.3, 0.4) is 0 Å². The number of aliphatic hydroxyl groups is 3. The molecule has 0 rings (SSSR count). The van der Waals surface area contributed by atoms with Crippen molar-refractivity contribution in [1.29, 1.82) is 0 Å². The Morgan fingerprint density at radius 3 is 1.07 bits per heavy atom. The molecule has 0 saturated carbocycles. The molecule has 54 heavy (non-hydrogen) atoms. The number of nitrogens with one attached hydrogen (secondary N) is 1. The van der Waals surface area contributed by atoms with Crippen molar-refractivity contribution < 1.29 is 20.1 Å². The molecule has 0 spiro atoms. The standard InChI is InChI=1S/C49H97NO4/c1-3-5-7-9-11-13-15-17-19-21-22-23-24-25-26-27-28-30-32-34-36-38-40-42-46(52)44-49(54)50-47(45-51)48(53)43-41-39-37-35-33-31-29-20-18-16-14-12-10-8-6-4-2/h41,43,46-48,51-53H,3-40,42,44-45H2,1-2H3,(H,50,54)/b43-41+. The number of allylic oxidation sites excluding steroid dienone is 1. The fraction of sp³-hybridized carbons (Fsp3) is 0.939. The lowest BCUT2D eigenvalue weighted by atomic mass is 10.0. The molecule has 0 heterocycles. The molecular weight excluding hydrogens is 667 g/mol. The van der Waals surface area contributed by atoms with Crippen LogP contribution >= 0.6 is 0 Å². The summed E-state index contributed by atoms with van der Waals surface area (Å²) in [7, 11) is 0. The predicted octanol–water partition coefficient (Wildman–Crippen LogP) is 14.4. The zero-order valence-corrected chi connectivity index (χ0v) is 36.6. The quantitative estimate of drug-likeness (QED) is 0.0367. The van der Waals surface area contributed by atoms with Crippen molar-refractivity contribution in [1.82, 2.24) is 5.32 Å². The molecule has 0 bridgehead atoms. The third kappa shape index (κ3) is 40.7. The number of aliphatic hydroxyl groups excluding tert-OH is 3. The van der Waals surface area contributed by atoms with Crippen LogP contribution in [0.15, 0.2) is 12.2 Å². The third-order valence-corrected chi connectivity index (χ3v) is 11.6. The Hall–Kier alpha value is -0.910. The monoisotopic (exact) mass is 764 g/mol. The molecule has 5 nitrogen and oxygen atoms in total. The molecule has 0 radical (unpaired) electrons. The number of rotatable bonds is 45. The molecule has 0 aliphatic carbocycles. The highest BCUT2D eigenvalue weighted by molar-refractivity contribution is 5.76. The number of carbonyl (C=O) groups excluding carboxylic acids is 1. The summed E-state index contributed by atoms with van der Waals surface area (Å²) in [6.07, 6.45) is 53.7. The minimum Gasteiger partial charge on any atom is -0.394 e. The van der Waals surface area contributed by atoms with Crippen LogP contribution in [0.4, 0.5) is 0 Å². The number of hydrogen-bond donors (Lipinski definition) is 4. The lowest BCUT2D eigenvalue weighted by molar-refractivity contribution is -0.124. The molecule has 0 aliphatic heterocycles. The minimum absolute atomic E-state index is 0.0191. The van der Waals surface area contributed by atoms with Gasteiger partial charge in [-0.1, -0.05) is 257 Å². The molecule has 5 heteroatoms. The Balaban J connectivity index is 3.57. The number of unbranched alkanes of at least 4 members (excludes halogenated alkanes) is 36. The van der Waals surface area contributed by atoms with E-state index in [1.165, 1.54) is 218 Å². The predicted molar refractivity (Wildman–Crippen MR) is 236 cm³/mol. The van der Waals surface area contributed by atoms with Crippen molar-refractivity contribution in [2.45, 2.75) is 289 Å². The average molecular weight is 764 g/mol. The minimum atomic E-state index is -0.924. The van der Waals surface area contributed by atoms with E-state index in [-0.39, 0.29) is 18.9 Å². The maximum Gasteiger partial charge on any atom is 0.222 e. The third-order valence-electron chi connectivity index (χ3n) is 11.6.